The molecule has 1 N–H and O–H groups in total. The summed E-state index contributed by atoms with van der Waals surface area (Å²) in [6, 6.07) is 0. The van der Waals surface area contributed by atoms with Crippen molar-refractivity contribution in [3.05, 3.63) is 12.4 Å². The van der Waals surface area contributed by atoms with Crippen LogP contribution < -0.4 is 10.1 Å². The van der Waals surface area contributed by atoms with Gasteiger partial charge in [0.1, 0.15) is 5.82 Å². The van der Waals surface area contributed by atoms with Crippen LogP contribution in [0.1, 0.15) is 46.0 Å². The minimum absolute atomic E-state index is 0.0495. The fourth-order valence-electron chi connectivity index (χ4n) is 2.56. The average molecular weight is 298 g/mol. The molecule has 0 bridgehead atoms. The van der Waals surface area contributed by atoms with Crippen LogP contribution in [0.15, 0.2) is 12.4 Å². The summed E-state index contributed by atoms with van der Waals surface area (Å²) in [5.74, 6) is 2.72. The Morgan fingerprint density at radius 1 is 1.40 bits per heavy atom. The van der Waals surface area contributed by atoms with E-state index in [9.17, 15) is 0 Å². The molecule has 112 valence electrons. The molecular formula is C15H24ClN3O. The van der Waals surface area contributed by atoms with Crippen molar-refractivity contribution >= 4 is 17.4 Å². The first kappa shape index (κ1) is 15.4. The van der Waals surface area contributed by atoms with Gasteiger partial charge in [-0.05, 0) is 38.0 Å². The van der Waals surface area contributed by atoms with Gasteiger partial charge in [-0.3, -0.25) is 4.98 Å². The molecule has 0 amide bonds. The lowest BCUT2D eigenvalue weighted by molar-refractivity contribution is 0.284. The van der Waals surface area contributed by atoms with E-state index in [0.29, 0.717) is 18.4 Å². The van der Waals surface area contributed by atoms with Crippen molar-refractivity contribution in [2.24, 2.45) is 5.92 Å². The lowest BCUT2D eigenvalue weighted by Gasteiger charge is -2.39. The highest BCUT2D eigenvalue weighted by atomic mass is 35.5. The molecule has 0 unspecified atom stereocenters. The lowest BCUT2D eigenvalue weighted by Crippen LogP contribution is -2.43. The number of hydrogen-bond donors (Lipinski definition) is 1. The van der Waals surface area contributed by atoms with Gasteiger partial charge < -0.3 is 10.1 Å². The van der Waals surface area contributed by atoms with Gasteiger partial charge in [-0.25, -0.2) is 0 Å². The van der Waals surface area contributed by atoms with Gasteiger partial charge in [0.25, 0.3) is 0 Å². The van der Waals surface area contributed by atoms with Crippen LogP contribution in [0.5, 0.6) is 5.88 Å². The molecule has 5 heteroatoms. The van der Waals surface area contributed by atoms with E-state index in [4.69, 9.17) is 16.3 Å². The summed E-state index contributed by atoms with van der Waals surface area (Å²) < 4.78 is 5.52. The van der Waals surface area contributed by atoms with Crippen molar-refractivity contribution in [3.8, 4) is 5.88 Å². The monoisotopic (exact) mass is 297 g/mol. The van der Waals surface area contributed by atoms with Crippen LogP contribution in [0.4, 0.5) is 5.82 Å². The number of halogens is 1. The molecule has 1 aliphatic rings. The van der Waals surface area contributed by atoms with Gasteiger partial charge in [-0.2, -0.15) is 4.98 Å². The molecule has 2 rings (SSSR count). The Hall–Kier alpha value is -1.03. The molecule has 1 fully saturated rings. The molecule has 0 radical (unpaired) electrons. The van der Waals surface area contributed by atoms with E-state index in [1.165, 1.54) is 12.8 Å². The number of anilines is 1. The van der Waals surface area contributed by atoms with E-state index in [1.807, 2.05) is 0 Å². The molecule has 1 aromatic heterocycles. The number of nitrogens with one attached hydrogen (secondary N) is 1. The second-order valence-corrected chi connectivity index (χ2v) is 6.08. The summed E-state index contributed by atoms with van der Waals surface area (Å²) in [5, 5.41) is 3.50. The van der Waals surface area contributed by atoms with Crippen LogP contribution in [0.3, 0.4) is 0 Å². The van der Waals surface area contributed by atoms with Crippen molar-refractivity contribution in [1.82, 2.24) is 9.97 Å². The maximum absolute atomic E-state index is 6.22. The van der Waals surface area contributed by atoms with Gasteiger partial charge in [0.2, 0.25) is 5.88 Å². The van der Waals surface area contributed by atoms with Crippen molar-refractivity contribution < 1.29 is 4.74 Å². The van der Waals surface area contributed by atoms with Crippen molar-refractivity contribution in [2.75, 3.05) is 17.8 Å². The smallest absolute Gasteiger partial charge is 0.234 e. The summed E-state index contributed by atoms with van der Waals surface area (Å²) in [6.07, 6.45) is 8.93. The second-order valence-electron chi connectivity index (χ2n) is 5.81. The Kier molecular flexibility index (Phi) is 5.46. The number of aromatic nitrogens is 2. The number of hydrogen-bond acceptors (Lipinski definition) is 4. The van der Waals surface area contributed by atoms with E-state index < -0.39 is 0 Å². The molecule has 1 heterocycles. The van der Waals surface area contributed by atoms with Crippen LogP contribution in [-0.2, 0) is 0 Å². The Labute approximate surface area is 126 Å². The van der Waals surface area contributed by atoms with Crippen LogP contribution in [0.25, 0.3) is 0 Å². The van der Waals surface area contributed by atoms with Crippen LogP contribution in [-0.4, -0.2) is 28.0 Å². The first-order valence-corrected chi connectivity index (χ1v) is 8.00. The zero-order chi connectivity index (χ0) is 14.4. The summed E-state index contributed by atoms with van der Waals surface area (Å²) in [7, 11) is 0. The zero-order valence-electron chi connectivity index (χ0n) is 12.4. The predicted molar refractivity (Wildman–Crippen MR) is 82.5 cm³/mol. The molecule has 1 aliphatic carbocycles. The van der Waals surface area contributed by atoms with Crippen molar-refractivity contribution in [3.63, 3.8) is 0 Å². The molecule has 1 aromatic rings. The standard InChI is InChI=1S/C15H24ClN3O/c1-3-8-20-14-10-17-9-13(18-14)19-15(11-16)6-4-12(2)5-7-15/h9-10,12H,3-8,11H2,1-2H3,(H,18,19). The Balaban J connectivity index is 2.03. The molecule has 4 nitrogen and oxygen atoms in total. The van der Waals surface area contributed by atoms with E-state index >= 15 is 0 Å². The van der Waals surface area contributed by atoms with Crippen LogP contribution in [0.2, 0.25) is 0 Å². The molecule has 0 spiro atoms. The molecule has 1 saturated carbocycles. The Morgan fingerprint density at radius 2 is 2.15 bits per heavy atom. The van der Waals surface area contributed by atoms with Gasteiger partial charge in [-0.15, -0.1) is 11.6 Å². The summed E-state index contributed by atoms with van der Waals surface area (Å²) in [6.45, 7) is 5.04. The first-order valence-electron chi connectivity index (χ1n) is 7.46. The van der Waals surface area contributed by atoms with Crippen LogP contribution in [0, 0.1) is 5.92 Å². The minimum atomic E-state index is -0.0495. The summed E-state index contributed by atoms with van der Waals surface area (Å²) >= 11 is 6.22. The van der Waals surface area contributed by atoms with E-state index in [2.05, 4.69) is 29.1 Å². The minimum Gasteiger partial charge on any atom is -0.477 e. The van der Waals surface area contributed by atoms with Crippen molar-refractivity contribution in [2.45, 2.75) is 51.5 Å². The molecule has 0 saturated heterocycles. The highest BCUT2D eigenvalue weighted by molar-refractivity contribution is 6.18. The van der Waals surface area contributed by atoms with Gasteiger partial charge >= 0.3 is 0 Å². The summed E-state index contributed by atoms with van der Waals surface area (Å²) in [5.41, 5.74) is -0.0495. The predicted octanol–water partition coefficient (Wildman–Crippen LogP) is 3.87. The topological polar surface area (TPSA) is 47.0 Å². The number of ether oxygens (including phenoxy) is 1. The Bertz CT molecular complexity index is 419. The highest BCUT2D eigenvalue weighted by Gasteiger charge is 2.33. The number of rotatable bonds is 6. The van der Waals surface area contributed by atoms with E-state index in [0.717, 1.165) is 31.0 Å². The van der Waals surface area contributed by atoms with Gasteiger partial charge in [0.05, 0.1) is 24.5 Å². The van der Waals surface area contributed by atoms with Gasteiger partial charge in [-0.1, -0.05) is 13.8 Å². The third kappa shape index (κ3) is 3.98. The SMILES string of the molecule is CCCOc1cncc(NC2(CCl)CCC(C)CC2)n1. The lowest BCUT2D eigenvalue weighted by atomic mass is 9.78. The van der Waals surface area contributed by atoms with Crippen molar-refractivity contribution in [1.29, 1.82) is 0 Å². The van der Waals surface area contributed by atoms with Gasteiger partial charge in [0, 0.05) is 5.88 Å². The zero-order valence-corrected chi connectivity index (χ0v) is 13.1. The maximum atomic E-state index is 6.22. The first-order chi connectivity index (χ1) is 9.67. The second kappa shape index (κ2) is 7.11. The molecule has 0 aliphatic heterocycles. The Morgan fingerprint density at radius 3 is 2.80 bits per heavy atom. The number of alkyl halides is 1. The third-order valence-electron chi connectivity index (χ3n) is 3.95. The van der Waals surface area contributed by atoms with E-state index in [1.54, 1.807) is 12.4 Å². The van der Waals surface area contributed by atoms with E-state index in [-0.39, 0.29) is 5.54 Å². The molecule has 0 aromatic carbocycles. The van der Waals surface area contributed by atoms with Crippen LogP contribution >= 0.6 is 11.6 Å². The third-order valence-corrected chi connectivity index (χ3v) is 4.46. The highest BCUT2D eigenvalue weighted by Crippen LogP contribution is 2.35. The fourth-order valence-corrected chi connectivity index (χ4v) is 2.90. The largest absolute Gasteiger partial charge is 0.477 e. The van der Waals surface area contributed by atoms with Gasteiger partial charge in [0.15, 0.2) is 0 Å². The normalized spacial score (nSPS) is 26.2. The molecule has 0 atom stereocenters. The maximum Gasteiger partial charge on any atom is 0.234 e. The summed E-state index contributed by atoms with van der Waals surface area (Å²) in [4.78, 5) is 8.65. The average Bonchev–Trinajstić information content (AvgIpc) is 2.48. The fraction of sp³-hybridized carbons (Fsp3) is 0.733. The molecule has 20 heavy (non-hydrogen) atoms. The number of nitrogens with zero attached hydrogens (tertiary/aromatic N) is 2. The quantitative estimate of drug-likeness (QED) is 0.810. The molecular weight excluding hydrogens is 274 g/mol.